The van der Waals surface area contributed by atoms with Gasteiger partial charge in [-0.15, -0.1) is 0 Å². The Morgan fingerprint density at radius 1 is 1.30 bits per heavy atom. The van der Waals surface area contributed by atoms with Gasteiger partial charge in [-0.1, -0.05) is 12.1 Å². The Kier molecular flexibility index (Phi) is 6.31. The number of nitrogens with one attached hydrogen (secondary N) is 2. The minimum atomic E-state index is -3.96. The molecule has 2 atom stereocenters. The highest BCUT2D eigenvalue weighted by atomic mass is 32.2. The number of rotatable bonds is 6. The van der Waals surface area contributed by atoms with Crippen LogP contribution in [0.15, 0.2) is 41.3 Å². The first-order valence-electron chi connectivity index (χ1n) is 10.8. The van der Waals surface area contributed by atoms with E-state index in [9.17, 15) is 18.0 Å². The van der Waals surface area contributed by atoms with Crippen LogP contribution in [0.2, 0.25) is 0 Å². The molecule has 2 N–H and O–H groups in total. The van der Waals surface area contributed by atoms with Crippen LogP contribution in [0.3, 0.4) is 0 Å². The fourth-order valence-corrected chi connectivity index (χ4v) is 6.01. The lowest BCUT2D eigenvalue weighted by atomic mass is 10.1. The summed E-state index contributed by atoms with van der Waals surface area (Å²) in [5, 5.41) is 5.57. The fourth-order valence-electron chi connectivity index (χ4n) is 4.13. The molecule has 0 radical (unpaired) electrons. The largest absolute Gasteiger partial charge is 0.497 e. The molecule has 0 unspecified atom stereocenters. The van der Waals surface area contributed by atoms with Gasteiger partial charge in [0.1, 0.15) is 17.5 Å². The van der Waals surface area contributed by atoms with Crippen molar-refractivity contribution in [2.75, 3.05) is 19.0 Å². The molecule has 0 aromatic heterocycles. The van der Waals surface area contributed by atoms with Crippen LogP contribution in [0.25, 0.3) is 0 Å². The maximum absolute atomic E-state index is 13.5. The molecule has 2 heterocycles. The van der Waals surface area contributed by atoms with Crippen molar-refractivity contribution in [3.63, 3.8) is 0 Å². The number of amides is 2. The number of aryl methyl sites for hydroxylation is 1. The Morgan fingerprint density at radius 3 is 2.85 bits per heavy atom. The van der Waals surface area contributed by atoms with E-state index in [0.29, 0.717) is 35.6 Å². The molecule has 4 rings (SSSR count). The molecule has 176 valence electrons. The SMILES string of the molecule is COc1cccc(CNC(=O)[C@H]2CCCN2S(=O)(=O)c2cc3c(cc2C)NC(=O)[C@@H](C)O3)c1. The smallest absolute Gasteiger partial charge is 0.265 e. The van der Waals surface area contributed by atoms with E-state index in [0.717, 1.165) is 5.56 Å². The van der Waals surface area contributed by atoms with Crippen molar-refractivity contribution in [2.24, 2.45) is 0 Å². The Labute approximate surface area is 193 Å². The van der Waals surface area contributed by atoms with Gasteiger partial charge in [0.15, 0.2) is 6.10 Å². The molecule has 33 heavy (non-hydrogen) atoms. The van der Waals surface area contributed by atoms with Crippen molar-refractivity contribution in [3.05, 3.63) is 47.5 Å². The highest BCUT2D eigenvalue weighted by Gasteiger charge is 2.40. The summed E-state index contributed by atoms with van der Waals surface area (Å²) in [7, 11) is -2.39. The van der Waals surface area contributed by atoms with Crippen molar-refractivity contribution < 1.29 is 27.5 Å². The first-order valence-corrected chi connectivity index (χ1v) is 12.2. The minimum Gasteiger partial charge on any atom is -0.497 e. The van der Waals surface area contributed by atoms with E-state index in [2.05, 4.69) is 10.6 Å². The lowest BCUT2D eigenvalue weighted by Crippen LogP contribution is -2.45. The molecule has 2 aliphatic heterocycles. The van der Waals surface area contributed by atoms with Gasteiger partial charge in [-0.05, 0) is 56.0 Å². The Bertz CT molecular complexity index is 1200. The fraction of sp³-hybridized carbons (Fsp3) is 0.391. The number of hydrogen-bond donors (Lipinski definition) is 2. The standard InChI is InChI=1S/C23H27N3O6S/c1-14-10-18-20(32-15(2)22(27)25-18)12-21(14)33(29,30)26-9-5-8-19(26)23(28)24-13-16-6-4-7-17(11-16)31-3/h4,6-7,10-12,15,19H,5,8-9,13H2,1-3H3,(H,24,28)(H,25,27)/t15-,19-/m1/s1. The van der Waals surface area contributed by atoms with Gasteiger partial charge < -0.3 is 20.1 Å². The van der Waals surface area contributed by atoms with Gasteiger partial charge in [-0.25, -0.2) is 8.42 Å². The summed E-state index contributed by atoms with van der Waals surface area (Å²) in [4.78, 5) is 24.9. The van der Waals surface area contributed by atoms with Crippen LogP contribution in [0.5, 0.6) is 11.5 Å². The topological polar surface area (TPSA) is 114 Å². The maximum Gasteiger partial charge on any atom is 0.265 e. The van der Waals surface area contributed by atoms with Crippen LogP contribution in [0.1, 0.15) is 30.9 Å². The lowest BCUT2D eigenvalue weighted by molar-refractivity contribution is -0.124. The summed E-state index contributed by atoms with van der Waals surface area (Å²) in [6.07, 6.45) is 0.304. The minimum absolute atomic E-state index is 0.0668. The zero-order valence-corrected chi connectivity index (χ0v) is 19.6. The van der Waals surface area contributed by atoms with Crippen LogP contribution < -0.4 is 20.1 Å². The highest BCUT2D eigenvalue weighted by molar-refractivity contribution is 7.89. The molecule has 2 aromatic rings. The zero-order chi connectivity index (χ0) is 23.8. The van der Waals surface area contributed by atoms with Gasteiger partial charge >= 0.3 is 0 Å². The van der Waals surface area contributed by atoms with Crippen LogP contribution in [0.4, 0.5) is 5.69 Å². The molecule has 0 saturated carbocycles. The van der Waals surface area contributed by atoms with Crippen LogP contribution >= 0.6 is 0 Å². The third-order valence-corrected chi connectivity index (χ3v) is 7.95. The predicted octanol–water partition coefficient (Wildman–Crippen LogP) is 2.19. The van der Waals surface area contributed by atoms with Crippen molar-refractivity contribution in [1.82, 2.24) is 9.62 Å². The Balaban J connectivity index is 1.54. The number of fused-ring (bicyclic) bond motifs is 1. The predicted molar refractivity (Wildman–Crippen MR) is 122 cm³/mol. The van der Waals surface area contributed by atoms with Crippen LogP contribution in [-0.2, 0) is 26.2 Å². The van der Waals surface area contributed by atoms with Crippen molar-refractivity contribution >= 4 is 27.5 Å². The first-order chi connectivity index (χ1) is 15.7. The summed E-state index contributed by atoms with van der Waals surface area (Å²) < 4.78 is 39.1. The summed E-state index contributed by atoms with van der Waals surface area (Å²) in [5.41, 5.74) is 1.76. The van der Waals surface area contributed by atoms with Gasteiger partial charge in [0.25, 0.3) is 5.91 Å². The molecule has 9 nitrogen and oxygen atoms in total. The molecule has 0 bridgehead atoms. The number of benzene rings is 2. The van der Waals surface area contributed by atoms with Gasteiger partial charge in [0, 0.05) is 19.2 Å². The molecule has 10 heteroatoms. The summed E-state index contributed by atoms with van der Waals surface area (Å²) in [6, 6.07) is 9.54. The molecule has 2 amide bonds. The Hall–Kier alpha value is -3.11. The summed E-state index contributed by atoms with van der Waals surface area (Å²) in [5.74, 6) is 0.350. The van der Waals surface area contributed by atoms with Gasteiger partial charge in [-0.2, -0.15) is 4.31 Å². The van der Waals surface area contributed by atoms with Gasteiger partial charge in [0.2, 0.25) is 15.9 Å². The molecule has 0 spiro atoms. The average Bonchev–Trinajstić information content (AvgIpc) is 3.29. The van der Waals surface area contributed by atoms with E-state index >= 15 is 0 Å². The van der Waals surface area contributed by atoms with E-state index < -0.39 is 22.2 Å². The van der Waals surface area contributed by atoms with Crippen molar-refractivity contribution in [2.45, 2.75) is 50.3 Å². The van der Waals surface area contributed by atoms with E-state index in [1.807, 2.05) is 24.3 Å². The lowest BCUT2D eigenvalue weighted by Gasteiger charge is -2.27. The molecule has 2 aromatic carbocycles. The molecule has 2 aliphatic rings. The van der Waals surface area contributed by atoms with E-state index in [-0.39, 0.29) is 29.8 Å². The average molecular weight is 474 g/mol. The van der Waals surface area contributed by atoms with Crippen LogP contribution in [-0.4, -0.2) is 50.3 Å². The Morgan fingerprint density at radius 2 is 2.09 bits per heavy atom. The highest BCUT2D eigenvalue weighted by Crippen LogP contribution is 2.37. The van der Waals surface area contributed by atoms with Gasteiger partial charge in [-0.3, -0.25) is 9.59 Å². The van der Waals surface area contributed by atoms with Crippen LogP contribution in [0, 0.1) is 6.92 Å². The second kappa shape index (κ2) is 9.03. The number of carbonyl (C=O) groups excluding carboxylic acids is 2. The van der Waals surface area contributed by atoms with Crippen molar-refractivity contribution in [3.8, 4) is 11.5 Å². The number of hydrogen-bond acceptors (Lipinski definition) is 6. The summed E-state index contributed by atoms with van der Waals surface area (Å²) in [6.45, 7) is 3.77. The van der Waals surface area contributed by atoms with E-state index in [4.69, 9.17) is 9.47 Å². The monoisotopic (exact) mass is 473 g/mol. The molecule has 1 saturated heterocycles. The number of carbonyl (C=O) groups is 2. The maximum atomic E-state index is 13.5. The second-order valence-corrected chi connectivity index (χ2v) is 10.1. The third kappa shape index (κ3) is 4.53. The normalized spacial score (nSPS) is 20.5. The van der Waals surface area contributed by atoms with Crippen molar-refractivity contribution in [1.29, 1.82) is 0 Å². The molecular formula is C23H27N3O6S. The van der Waals surface area contributed by atoms with E-state index in [1.54, 1.807) is 27.0 Å². The number of anilines is 1. The number of nitrogens with zero attached hydrogens (tertiary/aromatic N) is 1. The van der Waals surface area contributed by atoms with Gasteiger partial charge in [0.05, 0.1) is 17.7 Å². The number of ether oxygens (including phenoxy) is 2. The summed E-state index contributed by atoms with van der Waals surface area (Å²) >= 11 is 0. The number of sulfonamides is 1. The molecular weight excluding hydrogens is 446 g/mol. The van der Waals surface area contributed by atoms with E-state index in [1.165, 1.54) is 10.4 Å². The molecule has 1 fully saturated rings. The molecule has 0 aliphatic carbocycles. The second-order valence-electron chi connectivity index (χ2n) is 8.21. The quantitative estimate of drug-likeness (QED) is 0.665. The number of methoxy groups -OCH3 is 1. The zero-order valence-electron chi connectivity index (χ0n) is 18.8. The first kappa shape index (κ1) is 23.1. The third-order valence-electron chi connectivity index (χ3n) is 5.90.